The molecule has 0 aliphatic carbocycles. The number of benzene rings is 1. The lowest BCUT2D eigenvalue weighted by Gasteiger charge is -2.32. The SMILES string of the molecule is O=C(O)c1ccccc1N1CCC(Cl)CC1. The Hall–Kier alpha value is -1.22. The molecular formula is C12H14ClNO2. The van der Waals surface area contributed by atoms with Crippen LogP contribution >= 0.6 is 11.6 Å². The van der Waals surface area contributed by atoms with Crippen molar-refractivity contribution in [3.05, 3.63) is 29.8 Å². The van der Waals surface area contributed by atoms with Gasteiger partial charge < -0.3 is 10.0 Å². The summed E-state index contributed by atoms with van der Waals surface area (Å²) in [4.78, 5) is 13.2. The van der Waals surface area contributed by atoms with Crippen LogP contribution in [0.1, 0.15) is 23.2 Å². The van der Waals surface area contributed by atoms with Crippen molar-refractivity contribution < 1.29 is 9.90 Å². The second-order valence-corrected chi connectivity index (χ2v) is 4.60. The largest absolute Gasteiger partial charge is 0.478 e. The van der Waals surface area contributed by atoms with Gasteiger partial charge in [-0.25, -0.2) is 4.79 Å². The second kappa shape index (κ2) is 4.74. The van der Waals surface area contributed by atoms with Crippen LogP contribution in [0, 0.1) is 0 Å². The third-order valence-electron chi connectivity index (χ3n) is 2.90. The summed E-state index contributed by atoms with van der Waals surface area (Å²) >= 11 is 6.03. The number of alkyl halides is 1. The molecule has 1 heterocycles. The molecule has 0 radical (unpaired) electrons. The Balaban J connectivity index is 2.23. The fourth-order valence-corrected chi connectivity index (χ4v) is 2.21. The van der Waals surface area contributed by atoms with E-state index in [0.717, 1.165) is 31.6 Å². The molecule has 1 fully saturated rings. The maximum atomic E-state index is 11.1. The third-order valence-corrected chi connectivity index (χ3v) is 3.34. The van der Waals surface area contributed by atoms with Crippen molar-refractivity contribution >= 4 is 23.3 Å². The lowest BCUT2D eigenvalue weighted by molar-refractivity contribution is 0.0697. The summed E-state index contributed by atoms with van der Waals surface area (Å²) in [5.41, 5.74) is 1.18. The Morgan fingerprint density at radius 1 is 1.31 bits per heavy atom. The molecule has 1 aromatic carbocycles. The summed E-state index contributed by atoms with van der Waals surface area (Å²) in [5, 5.41) is 9.33. The molecule has 0 bridgehead atoms. The molecule has 0 atom stereocenters. The summed E-state index contributed by atoms with van der Waals surface area (Å²) in [6.45, 7) is 1.66. The van der Waals surface area contributed by atoms with Crippen molar-refractivity contribution in [3.8, 4) is 0 Å². The van der Waals surface area contributed by atoms with E-state index < -0.39 is 5.97 Å². The monoisotopic (exact) mass is 239 g/mol. The lowest BCUT2D eigenvalue weighted by atomic mass is 10.1. The molecular weight excluding hydrogens is 226 g/mol. The predicted molar refractivity (Wildman–Crippen MR) is 64.5 cm³/mol. The number of rotatable bonds is 2. The van der Waals surface area contributed by atoms with Crippen LogP contribution in [0.15, 0.2) is 24.3 Å². The van der Waals surface area contributed by atoms with Crippen molar-refractivity contribution in [1.82, 2.24) is 0 Å². The van der Waals surface area contributed by atoms with E-state index in [-0.39, 0.29) is 5.38 Å². The van der Waals surface area contributed by atoms with Gasteiger partial charge in [0, 0.05) is 18.5 Å². The maximum absolute atomic E-state index is 11.1. The number of anilines is 1. The van der Waals surface area contributed by atoms with Gasteiger partial charge in [-0.15, -0.1) is 11.6 Å². The van der Waals surface area contributed by atoms with Crippen molar-refractivity contribution in [2.75, 3.05) is 18.0 Å². The normalized spacial score (nSPS) is 17.4. The number of carbonyl (C=O) groups is 1. The van der Waals surface area contributed by atoms with Crippen LogP contribution in [-0.2, 0) is 0 Å². The highest BCUT2D eigenvalue weighted by molar-refractivity contribution is 6.20. The van der Waals surface area contributed by atoms with Crippen LogP contribution < -0.4 is 4.90 Å². The van der Waals surface area contributed by atoms with E-state index in [9.17, 15) is 4.79 Å². The Morgan fingerprint density at radius 3 is 2.56 bits per heavy atom. The zero-order chi connectivity index (χ0) is 11.5. The number of carboxylic acids is 1. The first-order valence-electron chi connectivity index (χ1n) is 5.40. The number of halogens is 1. The first-order valence-corrected chi connectivity index (χ1v) is 5.83. The Labute approximate surface area is 99.6 Å². The fraction of sp³-hybridized carbons (Fsp3) is 0.417. The predicted octanol–water partition coefficient (Wildman–Crippen LogP) is 2.59. The molecule has 1 aromatic rings. The molecule has 16 heavy (non-hydrogen) atoms. The van der Waals surface area contributed by atoms with E-state index in [1.807, 2.05) is 12.1 Å². The minimum Gasteiger partial charge on any atom is -0.478 e. The Morgan fingerprint density at radius 2 is 1.94 bits per heavy atom. The van der Waals surface area contributed by atoms with Gasteiger partial charge in [-0.05, 0) is 25.0 Å². The molecule has 1 saturated heterocycles. The van der Waals surface area contributed by atoms with Crippen LogP contribution in [0.5, 0.6) is 0 Å². The smallest absolute Gasteiger partial charge is 0.337 e. The molecule has 1 aliphatic heterocycles. The van der Waals surface area contributed by atoms with Crippen LogP contribution in [0.4, 0.5) is 5.69 Å². The van der Waals surface area contributed by atoms with Crippen molar-refractivity contribution in [3.63, 3.8) is 0 Å². The van der Waals surface area contributed by atoms with Gasteiger partial charge in [-0.1, -0.05) is 12.1 Å². The Kier molecular flexibility index (Phi) is 3.34. The molecule has 1 N–H and O–H groups in total. The minimum absolute atomic E-state index is 0.230. The summed E-state index contributed by atoms with van der Waals surface area (Å²) in [6.07, 6.45) is 1.82. The van der Waals surface area contributed by atoms with Gasteiger partial charge >= 0.3 is 5.97 Å². The van der Waals surface area contributed by atoms with Crippen molar-refractivity contribution in [2.45, 2.75) is 18.2 Å². The summed E-state index contributed by atoms with van der Waals surface area (Å²) < 4.78 is 0. The molecule has 0 aromatic heterocycles. The molecule has 86 valence electrons. The van der Waals surface area contributed by atoms with Gasteiger partial charge in [0.2, 0.25) is 0 Å². The quantitative estimate of drug-likeness (QED) is 0.807. The van der Waals surface area contributed by atoms with E-state index in [0.29, 0.717) is 5.56 Å². The lowest BCUT2D eigenvalue weighted by Crippen LogP contribution is -2.34. The van der Waals surface area contributed by atoms with Crippen LogP contribution in [0.2, 0.25) is 0 Å². The van der Waals surface area contributed by atoms with Gasteiger partial charge in [0.1, 0.15) is 0 Å². The number of hydrogen-bond acceptors (Lipinski definition) is 2. The van der Waals surface area contributed by atoms with Gasteiger partial charge in [0.25, 0.3) is 0 Å². The highest BCUT2D eigenvalue weighted by Crippen LogP contribution is 2.25. The first kappa shape index (κ1) is 11.3. The molecule has 4 heteroatoms. The molecule has 2 rings (SSSR count). The van der Waals surface area contributed by atoms with E-state index >= 15 is 0 Å². The number of para-hydroxylation sites is 1. The van der Waals surface area contributed by atoms with Crippen molar-refractivity contribution in [1.29, 1.82) is 0 Å². The highest BCUT2D eigenvalue weighted by atomic mass is 35.5. The topological polar surface area (TPSA) is 40.5 Å². The van der Waals surface area contributed by atoms with Crippen LogP contribution in [0.25, 0.3) is 0 Å². The fourth-order valence-electron chi connectivity index (χ4n) is 2.02. The van der Waals surface area contributed by atoms with Crippen LogP contribution in [-0.4, -0.2) is 29.5 Å². The van der Waals surface area contributed by atoms with Crippen LogP contribution in [0.3, 0.4) is 0 Å². The molecule has 0 amide bonds. The van der Waals surface area contributed by atoms with E-state index in [4.69, 9.17) is 16.7 Å². The number of carboxylic acid groups (broad SMARTS) is 1. The minimum atomic E-state index is -0.872. The first-order chi connectivity index (χ1) is 7.68. The van der Waals surface area contributed by atoms with E-state index in [1.165, 1.54) is 0 Å². The van der Waals surface area contributed by atoms with Crippen molar-refractivity contribution in [2.24, 2.45) is 0 Å². The zero-order valence-corrected chi connectivity index (χ0v) is 9.65. The second-order valence-electron chi connectivity index (χ2n) is 3.98. The highest BCUT2D eigenvalue weighted by Gasteiger charge is 2.20. The van der Waals surface area contributed by atoms with Gasteiger partial charge in [0.15, 0.2) is 0 Å². The molecule has 3 nitrogen and oxygen atoms in total. The zero-order valence-electron chi connectivity index (χ0n) is 8.90. The summed E-state index contributed by atoms with van der Waals surface area (Å²) in [6, 6.07) is 7.12. The van der Waals surface area contributed by atoms with E-state index in [1.54, 1.807) is 12.1 Å². The number of nitrogens with zero attached hydrogens (tertiary/aromatic N) is 1. The molecule has 1 aliphatic rings. The number of piperidine rings is 1. The van der Waals surface area contributed by atoms with Gasteiger partial charge in [-0.3, -0.25) is 0 Å². The Bertz CT molecular complexity index is 386. The average molecular weight is 240 g/mol. The molecule has 0 spiro atoms. The van der Waals surface area contributed by atoms with E-state index in [2.05, 4.69) is 4.90 Å². The maximum Gasteiger partial charge on any atom is 0.337 e. The summed E-state index contributed by atoms with van der Waals surface area (Å²) in [7, 11) is 0. The molecule has 0 saturated carbocycles. The summed E-state index contributed by atoms with van der Waals surface area (Å²) in [5.74, 6) is -0.872. The average Bonchev–Trinajstić information content (AvgIpc) is 2.30. The number of aromatic carboxylic acids is 1. The third kappa shape index (κ3) is 2.30. The standard InChI is InChI=1S/C12H14ClNO2/c13-9-5-7-14(8-6-9)11-4-2-1-3-10(11)12(15)16/h1-4,9H,5-8H2,(H,15,16). The molecule has 0 unspecified atom stereocenters. The van der Waals surface area contributed by atoms with Gasteiger partial charge in [0.05, 0.1) is 11.3 Å². The number of hydrogen-bond donors (Lipinski definition) is 1. The van der Waals surface area contributed by atoms with Gasteiger partial charge in [-0.2, -0.15) is 0 Å².